The lowest BCUT2D eigenvalue weighted by molar-refractivity contribution is -0.152. The van der Waals surface area contributed by atoms with Crippen LogP contribution in [0.25, 0.3) is 0 Å². The molecule has 0 saturated heterocycles. The number of ether oxygens (including phenoxy) is 2. The number of hydrogen-bond donors (Lipinski definition) is 0. The van der Waals surface area contributed by atoms with Crippen molar-refractivity contribution < 1.29 is 19.1 Å². The van der Waals surface area contributed by atoms with Gasteiger partial charge in [0.05, 0.1) is 0 Å². The van der Waals surface area contributed by atoms with Gasteiger partial charge in [0.15, 0.2) is 0 Å². The minimum atomic E-state index is 0.0563. The van der Waals surface area contributed by atoms with E-state index >= 15 is 0 Å². The third-order valence-corrected chi connectivity index (χ3v) is 28.5. The van der Waals surface area contributed by atoms with Gasteiger partial charge in [0.1, 0.15) is 12.2 Å². The summed E-state index contributed by atoms with van der Waals surface area (Å²) in [5.74, 6) is 13.1. The van der Waals surface area contributed by atoms with E-state index in [2.05, 4.69) is 103 Å². The number of allylic oxidation sites excluding steroid dienone is 2. The lowest BCUT2D eigenvalue weighted by Gasteiger charge is -2.58. The Balaban J connectivity index is 0.565. The van der Waals surface area contributed by atoms with Gasteiger partial charge >= 0.3 is 11.9 Å². The normalized spacial score (nSPS) is 35.6. The van der Waals surface area contributed by atoms with Gasteiger partial charge in [-0.3, -0.25) is 9.59 Å². The van der Waals surface area contributed by atoms with Crippen molar-refractivity contribution in [3.05, 3.63) is 23.3 Å². The van der Waals surface area contributed by atoms with Crippen LogP contribution in [0.5, 0.6) is 0 Å². The van der Waals surface area contributed by atoms with Crippen molar-refractivity contribution in [2.45, 2.75) is 338 Å². The second-order valence-electron chi connectivity index (χ2n) is 32.1. The van der Waals surface area contributed by atoms with Gasteiger partial charge in [-0.25, -0.2) is 0 Å². The first-order valence-corrected chi connectivity index (χ1v) is 39.0. The van der Waals surface area contributed by atoms with Crippen molar-refractivity contribution in [2.24, 2.45) is 92.7 Å². The Labute approximate surface area is 515 Å². The topological polar surface area (TPSA) is 52.6 Å². The molecular weight excluding hydrogens is 1040 g/mol. The van der Waals surface area contributed by atoms with Crippen molar-refractivity contribution in [1.82, 2.24) is 0 Å². The summed E-state index contributed by atoms with van der Waals surface area (Å²) >= 11 is 0. The fourth-order valence-electron chi connectivity index (χ4n) is 21.1. The molecule has 0 bridgehead atoms. The van der Waals surface area contributed by atoms with Crippen LogP contribution < -0.4 is 0 Å². The zero-order valence-corrected chi connectivity index (χ0v) is 57.0. The highest BCUT2D eigenvalue weighted by Gasteiger charge is 2.61. The van der Waals surface area contributed by atoms with Crippen LogP contribution in [0.4, 0.5) is 0 Å². The zero-order valence-electron chi connectivity index (χ0n) is 55.4. The predicted molar refractivity (Wildman–Crippen MR) is 354 cm³/mol. The lowest BCUT2D eigenvalue weighted by atomic mass is 9.47. The average molecular weight is 1170 g/mol. The van der Waals surface area contributed by atoms with Crippen LogP contribution in [0.1, 0.15) is 326 Å². The maximum atomic E-state index is 13.0. The molecule has 6 heteroatoms. The van der Waals surface area contributed by atoms with Crippen LogP contribution in [0.3, 0.4) is 0 Å². The van der Waals surface area contributed by atoms with Gasteiger partial charge in [-0.2, -0.15) is 0 Å². The van der Waals surface area contributed by atoms with Crippen molar-refractivity contribution in [1.29, 1.82) is 0 Å². The van der Waals surface area contributed by atoms with Crippen LogP contribution in [0, 0.1) is 92.7 Å². The number of carbonyl (C=O) groups is 2. The molecular formula is C76H130O4S2. The third-order valence-electron chi connectivity index (χ3n) is 25.9. The Morgan fingerprint density at radius 3 is 1.18 bits per heavy atom. The van der Waals surface area contributed by atoms with E-state index < -0.39 is 0 Å². The molecule has 8 aliphatic rings. The van der Waals surface area contributed by atoms with Crippen LogP contribution in [-0.2, 0) is 19.1 Å². The van der Waals surface area contributed by atoms with Crippen molar-refractivity contribution in [3.8, 4) is 0 Å². The summed E-state index contributed by atoms with van der Waals surface area (Å²) in [6.45, 7) is 25.4. The summed E-state index contributed by atoms with van der Waals surface area (Å²) < 4.78 is 12.4. The van der Waals surface area contributed by atoms with Crippen LogP contribution >= 0.6 is 21.6 Å². The Morgan fingerprint density at radius 2 is 0.805 bits per heavy atom. The molecule has 0 aliphatic heterocycles. The molecule has 2 unspecified atom stereocenters. The second-order valence-corrected chi connectivity index (χ2v) is 34.8. The first-order chi connectivity index (χ1) is 39.5. The van der Waals surface area contributed by atoms with E-state index in [1.807, 2.05) is 0 Å². The standard InChI is InChI=1S/C76H130O4S2/c1-55(2)29-27-31-57(5)65-39-41-67-63-37-35-59-53-61(43-47-73(59,7)69(63)45-49-75(65,67)9)79-71(77)33-23-19-15-11-13-17-21-25-51-81-82-52-26-22-18-14-12-16-20-24-34-72(78)80-62-44-48-74(8)60(54-62)36-38-64-68-42-40-66(58(6)32-28-30-56(3)4)76(68,10)50-46-70(64)74/h35-36,55-58,61-70H,11-34,37-54H2,1-10H3/t57-,58-,61?,62?,63+,64+,65-,66-,67+,68+,69+,70+,73+,74+,75-,76-/m1/s1. The quantitative estimate of drug-likeness (QED) is 0.0273. The summed E-state index contributed by atoms with van der Waals surface area (Å²) in [6.07, 6.45) is 55.9. The minimum absolute atomic E-state index is 0.0563. The highest BCUT2D eigenvalue weighted by molar-refractivity contribution is 8.76. The number of fused-ring (bicyclic) bond motifs is 10. The van der Waals surface area contributed by atoms with E-state index in [9.17, 15) is 9.59 Å². The smallest absolute Gasteiger partial charge is 0.306 e. The molecule has 6 fully saturated rings. The molecule has 0 aromatic rings. The van der Waals surface area contributed by atoms with E-state index in [0.717, 1.165) is 122 Å². The SMILES string of the molecule is CC(C)CCC[C@@H](C)[C@H]1CC[C@H]2[C@@H]3CC=C4CC(OC(=O)CCCCCCCCCCSSCCCCCCCCCCC(=O)OC5CC[C@@]6(C)C(=CC[C@H]7[C@@H]8CC[C@H]([C@H](C)CCCC(C)C)[C@@]8(C)CC[C@@H]76)C5)CC[C@]4(C)[C@H]3CC[C@]12C. The summed E-state index contributed by atoms with van der Waals surface area (Å²) in [5.41, 5.74) is 5.00. The molecule has 8 aliphatic carbocycles. The Hall–Kier alpha value is -0.880. The summed E-state index contributed by atoms with van der Waals surface area (Å²) in [7, 11) is 4.18. The van der Waals surface area contributed by atoms with Gasteiger partial charge in [-0.15, -0.1) is 0 Å². The largest absolute Gasteiger partial charge is 0.462 e. The molecule has 4 nitrogen and oxygen atoms in total. The monoisotopic (exact) mass is 1170 g/mol. The molecule has 6 saturated carbocycles. The van der Waals surface area contributed by atoms with Gasteiger partial charge in [-0.05, 0) is 208 Å². The molecule has 16 atom stereocenters. The fourth-order valence-corrected chi connectivity index (χ4v) is 23.4. The number of hydrogen-bond acceptors (Lipinski definition) is 6. The molecule has 0 aromatic heterocycles. The van der Waals surface area contributed by atoms with Gasteiger partial charge in [0.25, 0.3) is 0 Å². The van der Waals surface area contributed by atoms with E-state index in [0.29, 0.717) is 34.5 Å². The molecule has 82 heavy (non-hydrogen) atoms. The average Bonchev–Trinajstić information content (AvgIpc) is 1.66. The van der Waals surface area contributed by atoms with E-state index in [1.54, 1.807) is 11.1 Å². The summed E-state index contributed by atoms with van der Waals surface area (Å²) in [4.78, 5) is 26.0. The van der Waals surface area contributed by atoms with Crippen molar-refractivity contribution in [3.63, 3.8) is 0 Å². The van der Waals surface area contributed by atoms with Crippen molar-refractivity contribution in [2.75, 3.05) is 11.5 Å². The molecule has 0 spiro atoms. The summed E-state index contributed by atoms with van der Waals surface area (Å²) in [6, 6.07) is 0. The Morgan fingerprint density at radius 1 is 0.439 bits per heavy atom. The zero-order chi connectivity index (χ0) is 58.3. The van der Waals surface area contributed by atoms with Crippen LogP contribution in [-0.4, -0.2) is 35.7 Å². The number of unbranched alkanes of at least 4 members (excludes halogenated alkanes) is 14. The van der Waals surface area contributed by atoms with Gasteiger partial charge in [0.2, 0.25) is 0 Å². The minimum Gasteiger partial charge on any atom is -0.462 e. The van der Waals surface area contributed by atoms with E-state index in [1.165, 1.54) is 204 Å². The van der Waals surface area contributed by atoms with Crippen molar-refractivity contribution >= 4 is 33.5 Å². The fraction of sp³-hybridized carbons (Fsp3) is 0.921. The molecule has 0 aromatic carbocycles. The second kappa shape index (κ2) is 32.0. The highest BCUT2D eigenvalue weighted by Crippen LogP contribution is 2.69. The number of rotatable bonds is 35. The molecule has 0 N–H and O–H groups in total. The Kier molecular flexibility index (Phi) is 26.2. The van der Waals surface area contributed by atoms with Crippen LogP contribution in [0.15, 0.2) is 23.3 Å². The Bertz CT molecular complexity index is 1870. The van der Waals surface area contributed by atoms with Gasteiger partial charge < -0.3 is 9.47 Å². The first kappa shape index (κ1) is 67.1. The molecule has 0 amide bonds. The maximum Gasteiger partial charge on any atom is 0.306 e. The maximum absolute atomic E-state index is 13.0. The highest BCUT2D eigenvalue weighted by atomic mass is 33.1. The number of carbonyl (C=O) groups excluding carboxylic acids is 2. The predicted octanol–water partition coefficient (Wildman–Crippen LogP) is 23.3. The number of esters is 2. The lowest BCUT2D eigenvalue weighted by Crippen LogP contribution is -2.51. The van der Waals surface area contributed by atoms with E-state index in [4.69, 9.17) is 9.47 Å². The van der Waals surface area contributed by atoms with Gasteiger partial charge in [-0.1, -0.05) is 230 Å². The summed E-state index contributed by atoms with van der Waals surface area (Å²) in [5, 5.41) is 0. The van der Waals surface area contributed by atoms with E-state index in [-0.39, 0.29) is 24.1 Å². The molecule has 470 valence electrons. The molecule has 0 heterocycles. The first-order valence-electron chi connectivity index (χ1n) is 36.5. The third kappa shape index (κ3) is 17.1. The van der Waals surface area contributed by atoms with Gasteiger partial charge in [0, 0.05) is 37.2 Å². The molecule has 8 rings (SSSR count). The van der Waals surface area contributed by atoms with Crippen LogP contribution in [0.2, 0.25) is 0 Å². The molecule has 0 radical (unpaired) electrons.